The summed E-state index contributed by atoms with van der Waals surface area (Å²) < 4.78 is 18.9. The van der Waals surface area contributed by atoms with Crippen LogP contribution in [0.15, 0.2) is 71.3 Å². The van der Waals surface area contributed by atoms with Crippen LogP contribution in [-0.4, -0.2) is 0 Å². The molecule has 0 aliphatic rings. The number of rotatable bonds is 4. The third-order valence-electron chi connectivity index (χ3n) is 3.19. The van der Waals surface area contributed by atoms with Crippen LogP contribution in [0.1, 0.15) is 17.4 Å². The van der Waals surface area contributed by atoms with Gasteiger partial charge in [0.2, 0.25) is 0 Å². The Bertz CT molecular complexity index is 713. The highest BCUT2D eigenvalue weighted by molar-refractivity contribution is 6.33. The number of anilines is 1. The van der Waals surface area contributed by atoms with Gasteiger partial charge in [-0.05, 0) is 35.9 Å². The average Bonchev–Trinajstić information content (AvgIpc) is 3.03. The molecule has 21 heavy (non-hydrogen) atoms. The molecule has 1 heterocycles. The van der Waals surface area contributed by atoms with E-state index in [9.17, 15) is 4.39 Å². The summed E-state index contributed by atoms with van der Waals surface area (Å²) in [7, 11) is 0. The molecule has 0 saturated carbocycles. The van der Waals surface area contributed by atoms with Gasteiger partial charge in [-0.2, -0.15) is 0 Å². The van der Waals surface area contributed by atoms with Gasteiger partial charge in [0, 0.05) is 0 Å². The lowest BCUT2D eigenvalue weighted by atomic mass is 10.0. The second kappa shape index (κ2) is 6.02. The van der Waals surface area contributed by atoms with E-state index in [1.165, 1.54) is 18.2 Å². The molecule has 0 saturated heterocycles. The summed E-state index contributed by atoms with van der Waals surface area (Å²) in [6.45, 7) is 0. The molecule has 3 rings (SSSR count). The summed E-state index contributed by atoms with van der Waals surface area (Å²) in [5.74, 6) is 0.398. The molecule has 1 N–H and O–H groups in total. The summed E-state index contributed by atoms with van der Waals surface area (Å²) in [5.41, 5.74) is 1.54. The maximum Gasteiger partial charge on any atom is 0.130 e. The molecule has 1 aromatic heterocycles. The minimum Gasteiger partial charge on any atom is -0.467 e. The van der Waals surface area contributed by atoms with E-state index >= 15 is 0 Å². The molecule has 2 aromatic carbocycles. The molecule has 2 nitrogen and oxygen atoms in total. The highest BCUT2D eigenvalue weighted by atomic mass is 35.5. The zero-order valence-corrected chi connectivity index (χ0v) is 11.8. The Labute approximate surface area is 127 Å². The first-order chi connectivity index (χ1) is 10.2. The van der Waals surface area contributed by atoms with E-state index in [4.69, 9.17) is 16.0 Å². The SMILES string of the molecule is Fc1ccc(Cl)c(NC(c2ccccc2)c2ccco2)c1. The first-order valence-electron chi connectivity index (χ1n) is 6.54. The molecule has 0 bridgehead atoms. The van der Waals surface area contributed by atoms with Crippen molar-refractivity contribution < 1.29 is 8.81 Å². The van der Waals surface area contributed by atoms with Gasteiger partial charge in [0.15, 0.2) is 0 Å². The summed E-state index contributed by atoms with van der Waals surface area (Å²) in [6.07, 6.45) is 1.61. The molecule has 1 unspecified atom stereocenters. The standard InChI is InChI=1S/C17H13ClFNO/c18-14-9-8-13(19)11-15(14)20-17(16-7-4-10-21-16)12-5-2-1-3-6-12/h1-11,17,20H. The van der Waals surface area contributed by atoms with Crippen molar-refractivity contribution in [2.45, 2.75) is 6.04 Å². The van der Waals surface area contributed by atoms with Gasteiger partial charge in [0.1, 0.15) is 17.6 Å². The Hall–Kier alpha value is -2.26. The van der Waals surface area contributed by atoms with E-state index in [2.05, 4.69) is 5.32 Å². The van der Waals surface area contributed by atoms with E-state index in [-0.39, 0.29) is 11.9 Å². The topological polar surface area (TPSA) is 25.2 Å². The van der Waals surface area contributed by atoms with Crippen LogP contribution in [-0.2, 0) is 0 Å². The fourth-order valence-corrected chi connectivity index (χ4v) is 2.36. The van der Waals surface area contributed by atoms with Crippen molar-refractivity contribution >= 4 is 17.3 Å². The van der Waals surface area contributed by atoms with Crippen LogP contribution < -0.4 is 5.32 Å². The zero-order valence-electron chi connectivity index (χ0n) is 11.1. The Morgan fingerprint density at radius 1 is 1.00 bits per heavy atom. The van der Waals surface area contributed by atoms with Gasteiger partial charge in [0.25, 0.3) is 0 Å². The lowest BCUT2D eigenvalue weighted by Gasteiger charge is -2.19. The Balaban J connectivity index is 1.99. The van der Waals surface area contributed by atoms with Gasteiger partial charge in [-0.15, -0.1) is 0 Å². The highest BCUT2D eigenvalue weighted by Gasteiger charge is 2.18. The smallest absolute Gasteiger partial charge is 0.130 e. The molecule has 0 fully saturated rings. The molecule has 0 aliphatic carbocycles. The average molecular weight is 302 g/mol. The largest absolute Gasteiger partial charge is 0.467 e. The van der Waals surface area contributed by atoms with Gasteiger partial charge in [0.05, 0.1) is 17.0 Å². The zero-order chi connectivity index (χ0) is 14.7. The number of nitrogens with one attached hydrogen (secondary N) is 1. The van der Waals surface area contributed by atoms with Gasteiger partial charge >= 0.3 is 0 Å². The third-order valence-corrected chi connectivity index (χ3v) is 3.52. The van der Waals surface area contributed by atoms with Crippen LogP contribution in [0.4, 0.5) is 10.1 Å². The molecule has 0 radical (unpaired) electrons. The summed E-state index contributed by atoms with van der Waals surface area (Å²) >= 11 is 6.13. The van der Waals surface area contributed by atoms with Crippen LogP contribution in [0.5, 0.6) is 0 Å². The van der Waals surface area contributed by atoms with E-state index in [1.807, 2.05) is 42.5 Å². The maximum absolute atomic E-state index is 13.4. The normalized spacial score (nSPS) is 12.1. The molecule has 0 amide bonds. The minimum absolute atomic E-state index is 0.236. The van der Waals surface area contributed by atoms with Gasteiger partial charge in [-0.1, -0.05) is 41.9 Å². The van der Waals surface area contributed by atoms with E-state index < -0.39 is 0 Å². The van der Waals surface area contributed by atoms with Gasteiger partial charge < -0.3 is 9.73 Å². The predicted molar refractivity (Wildman–Crippen MR) is 82.0 cm³/mol. The van der Waals surface area contributed by atoms with E-state index in [1.54, 1.807) is 6.26 Å². The van der Waals surface area contributed by atoms with Crippen LogP contribution in [0.2, 0.25) is 5.02 Å². The van der Waals surface area contributed by atoms with Crippen molar-refractivity contribution in [2.24, 2.45) is 0 Å². The summed E-state index contributed by atoms with van der Waals surface area (Å²) in [4.78, 5) is 0. The Kier molecular flexibility index (Phi) is 3.93. The van der Waals surface area contributed by atoms with Crippen molar-refractivity contribution in [3.8, 4) is 0 Å². The first-order valence-corrected chi connectivity index (χ1v) is 6.92. The minimum atomic E-state index is -0.340. The van der Waals surface area contributed by atoms with Gasteiger partial charge in [-0.25, -0.2) is 4.39 Å². The van der Waals surface area contributed by atoms with E-state index in [0.29, 0.717) is 10.7 Å². The molecule has 106 valence electrons. The molecule has 0 aliphatic heterocycles. The van der Waals surface area contributed by atoms with Crippen molar-refractivity contribution in [3.05, 3.63) is 89.1 Å². The first kappa shape index (κ1) is 13.7. The summed E-state index contributed by atoms with van der Waals surface area (Å²) in [6, 6.07) is 17.5. The van der Waals surface area contributed by atoms with Crippen molar-refractivity contribution in [2.75, 3.05) is 5.32 Å². The van der Waals surface area contributed by atoms with E-state index in [0.717, 1.165) is 11.3 Å². The quantitative estimate of drug-likeness (QED) is 0.710. The second-order valence-electron chi connectivity index (χ2n) is 4.63. The maximum atomic E-state index is 13.4. The van der Waals surface area contributed by atoms with Crippen LogP contribution in [0.3, 0.4) is 0 Å². The second-order valence-corrected chi connectivity index (χ2v) is 5.03. The molecule has 1 atom stereocenters. The number of furan rings is 1. The molecular formula is C17H13ClFNO. The molecule has 0 spiro atoms. The highest BCUT2D eigenvalue weighted by Crippen LogP contribution is 2.31. The fourth-order valence-electron chi connectivity index (χ4n) is 2.18. The number of hydrogen-bond donors (Lipinski definition) is 1. The monoisotopic (exact) mass is 301 g/mol. The lowest BCUT2D eigenvalue weighted by Crippen LogP contribution is -2.12. The summed E-state index contributed by atoms with van der Waals surface area (Å²) in [5, 5.41) is 3.70. The molecular weight excluding hydrogens is 289 g/mol. The Morgan fingerprint density at radius 3 is 2.52 bits per heavy atom. The number of hydrogen-bond acceptors (Lipinski definition) is 2. The number of halogens is 2. The van der Waals surface area contributed by atoms with Crippen molar-refractivity contribution in [1.82, 2.24) is 0 Å². The third kappa shape index (κ3) is 3.09. The van der Waals surface area contributed by atoms with Crippen molar-refractivity contribution in [3.63, 3.8) is 0 Å². The van der Waals surface area contributed by atoms with Crippen molar-refractivity contribution in [1.29, 1.82) is 0 Å². The van der Waals surface area contributed by atoms with Crippen LogP contribution in [0, 0.1) is 5.82 Å². The Morgan fingerprint density at radius 2 is 1.81 bits per heavy atom. The lowest BCUT2D eigenvalue weighted by molar-refractivity contribution is 0.499. The van der Waals surface area contributed by atoms with Crippen LogP contribution >= 0.6 is 11.6 Å². The van der Waals surface area contributed by atoms with Gasteiger partial charge in [-0.3, -0.25) is 0 Å². The predicted octanol–water partition coefficient (Wildman–Crippen LogP) is 5.27. The number of benzene rings is 2. The molecule has 3 aromatic rings. The van der Waals surface area contributed by atoms with Crippen LogP contribution in [0.25, 0.3) is 0 Å². The molecule has 4 heteroatoms. The fraction of sp³-hybridized carbons (Fsp3) is 0.0588.